The molecular weight excluding hydrogens is 219 g/mol. The Labute approximate surface area is 88.5 Å². The van der Waals surface area contributed by atoms with Crippen LogP contribution in [0.25, 0.3) is 0 Å². The summed E-state index contributed by atoms with van der Waals surface area (Å²) in [6.07, 6.45) is -0.808. The highest BCUT2D eigenvalue weighted by molar-refractivity contribution is 7.91. The van der Waals surface area contributed by atoms with Gasteiger partial charge in [0.25, 0.3) is 0 Å². The molecule has 1 atom stereocenters. The maximum absolute atomic E-state index is 13.4. The van der Waals surface area contributed by atoms with Crippen molar-refractivity contribution in [1.82, 2.24) is 0 Å². The molecule has 1 aromatic carbocycles. The van der Waals surface area contributed by atoms with Crippen LogP contribution in [0.2, 0.25) is 0 Å². The zero-order valence-electron chi connectivity index (χ0n) is 8.57. The van der Waals surface area contributed by atoms with Gasteiger partial charge in [0.2, 0.25) is 0 Å². The van der Waals surface area contributed by atoms with E-state index in [1.165, 1.54) is 26.0 Å². The van der Waals surface area contributed by atoms with Crippen LogP contribution >= 0.6 is 0 Å². The van der Waals surface area contributed by atoms with Crippen molar-refractivity contribution in [2.45, 2.75) is 24.8 Å². The summed E-state index contributed by atoms with van der Waals surface area (Å²) >= 11 is 0. The zero-order valence-corrected chi connectivity index (χ0v) is 9.38. The SMILES string of the molecule is CCS(=O)(=O)c1ccc(C(C)O)cc1F. The maximum Gasteiger partial charge on any atom is 0.180 e. The topological polar surface area (TPSA) is 54.4 Å². The van der Waals surface area contributed by atoms with Crippen LogP contribution in [0.5, 0.6) is 0 Å². The third kappa shape index (κ3) is 2.54. The molecule has 1 rings (SSSR count). The molecule has 0 saturated carbocycles. The summed E-state index contributed by atoms with van der Waals surface area (Å²) in [7, 11) is -3.53. The van der Waals surface area contributed by atoms with Crippen molar-refractivity contribution < 1.29 is 17.9 Å². The summed E-state index contributed by atoms with van der Waals surface area (Å²) in [5.41, 5.74) is 0.363. The minimum absolute atomic E-state index is 0.141. The van der Waals surface area contributed by atoms with Gasteiger partial charge in [-0.1, -0.05) is 13.0 Å². The number of hydrogen-bond donors (Lipinski definition) is 1. The lowest BCUT2D eigenvalue weighted by molar-refractivity contribution is 0.198. The first kappa shape index (κ1) is 12.1. The quantitative estimate of drug-likeness (QED) is 0.862. The minimum Gasteiger partial charge on any atom is -0.389 e. The fourth-order valence-electron chi connectivity index (χ4n) is 1.18. The second-order valence-corrected chi connectivity index (χ2v) is 5.52. The van der Waals surface area contributed by atoms with Gasteiger partial charge in [-0.25, -0.2) is 12.8 Å². The molecule has 5 heteroatoms. The average Bonchev–Trinajstić information content (AvgIpc) is 2.17. The first-order valence-corrected chi connectivity index (χ1v) is 6.24. The fourth-order valence-corrected chi connectivity index (χ4v) is 2.13. The molecule has 0 fully saturated rings. The van der Waals surface area contributed by atoms with Crippen LogP contribution in [-0.2, 0) is 9.84 Å². The summed E-state index contributed by atoms with van der Waals surface area (Å²) in [6, 6.07) is 3.65. The Hall–Kier alpha value is -0.940. The fraction of sp³-hybridized carbons (Fsp3) is 0.400. The molecular formula is C10H13FO3S. The lowest BCUT2D eigenvalue weighted by atomic mass is 10.1. The molecule has 0 aliphatic rings. The van der Waals surface area contributed by atoms with Gasteiger partial charge in [-0.15, -0.1) is 0 Å². The normalized spacial score (nSPS) is 13.9. The van der Waals surface area contributed by atoms with Crippen LogP contribution in [0.1, 0.15) is 25.5 Å². The minimum atomic E-state index is -3.53. The molecule has 0 aliphatic heterocycles. The monoisotopic (exact) mass is 232 g/mol. The Morgan fingerprint density at radius 1 is 1.47 bits per heavy atom. The highest BCUT2D eigenvalue weighted by Crippen LogP contribution is 2.20. The lowest BCUT2D eigenvalue weighted by Crippen LogP contribution is -2.07. The summed E-state index contributed by atoms with van der Waals surface area (Å²) in [6.45, 7) is 2.94. The molecule has 84 valence electrons. The molecule has 1 aromatic rings. The zero-order chi connectivity index (χ0) is 11.6. The van der Waals surface area contributed by atoms with Gasteiger partial charge in [0.05, 0.1) is 11.9 Å². The molecule has 0 amide bonds. The summed E-state index contributed by atoms with van der Waals surface area (Å²) in [5, 5.41) is 9.18. The smallest absolute Gasteiger partial charge is 0.180 e. The van der Waals surface area contributed by atoms with Crippen LogP contribution in [0.15, 0.2) is 23.1 Å². The predicted molar refractivity (Wildman–Crippen MR) is 54.8 cm³/mol. The first-order valence-electron chi connectivity index (χ1n) is 4.58. The molecule has 0 aromatic heterocycles. The molecule has 1 unspecified atom stereocenters. The predicted octanol–water partition coefficient (Wildman–Crippen LogP) is 1.67. The van der Waals surface area contributed by atoms with E-state index in [2.05, 4.69) is 0 Å². The molecule has 15 heavy (non-hydrogen) atoms. The van der Waals surface area contributed by atoms with Crippen LogP contribution in [0.3, 0.4) is 0 Å². The molecule has 0 heterocycles. The molecule has 1 N–H and O–H groups in total. The van der Waals surface area contributed by atoms with Crippen LogP contribution < -0.4 is 0 Å². The van der Waals surface area contributed by atoms with Gasteiger partial charge < -0.3 is 5.11 Å². The van der Waals surface area contributed by atoms with Gasteiger partial charge in [-0.3, -0.25) is 0 Å². The second kappa shape index (κ2) is 4.28. The Bertz CT molecular complexity index is 452. The number of aliphatic hydroxyl groups is 1. The number of benzene rings is 1. The number of sulfone groups is 1. The van der Waals surface area contributed by atoms with Gasteiger partial charge in [0.1, 0.15) is 10.7 Å². The van der Waals surface area contributed by atoms with E-state index in [0.717, 1.165) is 6.07 Å². The van der Waals surface area contributed by atoms with E-state index in [0.29, 0.717) is 5.56 Å². The Kier molecular flexibility index (Phi) is 3.46. The van der Waals surface area contributed by atoms with Crippen molar-refractivity contribution in [3.8, 4) is 0 Å². The molecule has 0 aliphatic carbocycles. The van der Waals surface area contributed by atoms with Gasteiger partial charge in [-0.2, -0.15) is 0 Å². The largest absolute Gasteiger partial charge is 0.389 e. The van der Waals surface area contributed by atoms with Crippen molar-refractivity contribution in [2.24, 2.45) is 0 Å². The van der Waals surface area contributed by atoms with Crippen LogP contribution in [0.4, 0.5) is 4.39 Å². The Morgan fingerprint density at radius 2 is 2.07 bits per heavy atom. The van der Waals surface area contributed by atoms with Crippen molar-refractivity contribution in [3.05, 3.63) is 29.6 Å². The molecule has 0 bridgehead atoms. The highest BCUT2D eigenvalue weighted by atomic mass is 32.2. The van der Waals surface area contributed by atoms with Gasteiger partial charge in [0, 0.05) is 0 Å². The van der Waals surface area contributed by atoms with Crippen LogP contribution in [0, 0.1) is 5.82 Å². The van der Waals surface area contributed by atoms with E-state index >= 15 is 0 Å². The van der Waals surface area contributed by atoms with Gasteiger partial charge in [0.15, 0.2) is 9.84 Å². The molecule has 0 radical (unpaired) electrons. The summed E-state index contributed by atoms with van der Waals surface area (Å²) < 4.78 is 36.2. The Morgan fingerprint density at radius 3 is 2.47 bits per heavy atom. The lowest BCUT2D eigenvalue weighted by Gasteiger charge is -2.07. The van der Waals surface area contributed by atoms with Gasteiger partial charge in [-0.05, 0) is 24.6 Å². The number of halogens is 1. The van der Waals surface area contributed by atoms with Crippen molar-refractivity contribution in [1.29, 1.82) is 0 Å². The van der Waals surface area contributed by atoms with E-state index in [1.54, 1.807) is 0 Å². The van der Waals surface area contributed by atoms with E-state index in [1.807, 2.05) is 0 Å². The number of rotatable bonds is 3. The van der Waals surface area contributed by atoms with Crippen molar-refractivity contribution >= 4 is 9.84 Å². The van der Waals surface area contributed by atoms with E-state index in [-0.39, 0.29) is 10.6 Å². The van der Waals surface area contributed by atoms with Gasteiger partial charge >= 0.3 is 0 Å². The summed E-state index contributed by atoms with van der Waals surface area (Å²) in [5.74, 6) is -0.951. The van der Waals surface area contributed by atoms with Crippen molar-refractivity contribution in [3.63, 3.8) is 0 Å². The maximum atomic E-state index is 13.4. The third-order valence-corrected chi connectivity index (χ3v) is 3.91. The Balaban J connectivity index is 3.26. The number of hydrogen-bond acceptors (Lipinski definition) is 3. The average molecular weight is 232 g/mol. The summed E-state index contributed by atoms with van der Waals surface area (Å²) in [4.78, 5) is -0.311. The number of aliphatic hydroxyl groups excluding tert-OH is 1. The van der Waals surface area contributed by atoms with Crippen molar-refractivity contribution in [2.75, 3.05) is 5.75 Å². The standard InChI is InChI=1S/C10H13FO3S/c1-3-15(13,14)10-5-4-8(7(2)12)6-9(10)11/h4-7,12H,3H2,1-2H3. The highest BCUT2D eigenvalue weighted by Gasteiger charge is 2.17. The second-order valence-electron chi connectivity index (χ2n) is 3.27. The first-order chi connectivity index (χ1) is 6.88. The molecule has 3 nitrogen and oxygen atoms in total. The van der Waals surface area contributed by atoms with E-state index < -0.39 is 21.8 Å². The molecule has 0 saturated heterocycles. The third-order valence-electron chi connectivity index (χ3n) is 2.15. The molecule has 0 spiro atoms. The van der Waals surface area contributed by atoms with E-state index in [4.69, 9.17) is 0 Å². The van der Waals surface area contributed by atoms with Crippen LogP contribution in [-0.4, -0.2) is 19.3 Å². The van der Waals surface area contributed by atoms with E-state index in [9.17, 15) is 17.9 Å².